The molecule has 0 spiro atoms. The minimum atomic E-state index is -1.27. The first-order chi connectivity index (χ1) is 14.5. The van der Waals surface area contributed by atoms with Crippen LogP contribution in [0.25, 0.3) is 0 Å². The summed E-state index contributed by atoms with van der Waals surface area (Å²) in [4.78, 5) is 8.70. The van der Waals surface area contributed by atoms with Crippen LogP contribution in [-0.2, 0) is 5.79 Å². The molecule has 0 fully saturated rings. The lowest BCUT2D eigenvalue weighted by molar-refractivity contribution is -0.547. The zero-order chi connectivity index (χ0) is 21.1. The summed E-state index contributed by atoms with van der Waals surface area (Å²) in [6.07, 6.45) is 1.69. The van der Waals surface area contributed by atoms with Crippen molar-refractivity contribution in [2.24, 2.45) is 4.99 Å². The maximum atomic E-state index is 14.0. The van der Waals surface area contributed by atoms with Crippen LogP contribution in [-0.4, -0.2) is 42.3 Å². The molecule has 3 aromatic carbocycles. The smallest absolute Gasteiger partial charge is 0.378 e. The van der Waals surface area contributed by atoms with Gasteiger partial charge in [-0.25, -0.2) is 0 Å². The summed E-state index contributed by atoms with van der Waals surface area (Å²) in [6.45, 7) is 0.412. The SMILES string of the molecule is CN(C)/C=N/C1(c2ccccc2)N(c2ccc(Cl)cc2)CC(c2ccccc2)=[N+]1[O-]. The fourth-order valence-corrected chi connectivity index (χ4v) is 3.81. The molecule has 1 unspecified atom stereocenters. The second-order valence-electron chi connectivity index (χ2n) is 7.38. The van der Waals surface area contributed by atoms with Crippen molar-refractivity contribution in [3.8, 4) is 0 Å². The summed E-state index contributed by atoms with van der Waals surface area (Å²) < 4.78 is 1.03. The molecular weight excluding hydrogens is 396 g/mol. The summed E-state index contributed by atoms with van der Waals surface area (Å²) >= 11 is 6.13. The van der Waals surface area contributed by atoms with Crippen LogP contribution in [0.2, 0.25) is 5.02 Å². The zero-order valence-electron chi connectivity index (χ0n) is 16.9. The second kappa shape index (κ2) is 8.20. The van der Waals surface area contributed by atoms with Gasteiger partial charge in [0.15, 0.2) is 0 Å². The van der Waals surface area contributed by atoms with E-state index in [0.29, 0.717) is 17.3 Å². The predicted octanol–water partition coefficient (Wildman–Crippen LogP) is 4.56. The first-order valence-electron chi connectivity index (χ1n) is 9.71. The van der Waals surface area contributed by atoms with E-state index in [9.17, 15) is 5.21 Å². The van der Waals surface area contributed by atoms with E-state index in [0.717, 1.165) is 21.6 Å². The minimum absolute atomic E-state index is 0.412. The third-order valence-electron chi connectivity index (χ3n) is 5.09. The lowest BCUT2D eigenvalue weighted by Crippen LogP contribution is -2.47. The highest BCUT2D eigenvalue weighted by Gasteiger charge is 2.54. The van der Waals surface area contributed by atoms with E-state index in [-0.39, 0.29) is 0 Å². The van der Waals surface area contributed by atoms with Crippen molar-refractivity contribution in [1.29, 1.82) is 0 Å². The van der Waals surface area contributed by atoms with Crippen LogP contribution >= 0.6 is 11.6 Å². The van der Waals surface area contributed by atoms with Gasteiger partial charge in [0.1, 0.15) is 6.54 Å². The summed E-state index contributed by atoms with van der Waals surface area (Å²) in [5, 5.41) is 14.6. The molecule has 0 bridgehead atoms. The molecule has 30 heavy (non-hydrogen) atoms. The van der Waals surface area contributed by atoms with Gasteiger partial charge in [0, 0.05) is 30.4 Å². The molecule has 5 nitrogen and oxygen atoms in total. The molecule has 0 saturated carbocycles. The van der Waals surface area contributed by atoms with E-state index < -0.39 is 5.79 Å². The Hall–Kier alpha value is -3.31. The zero-order valence-corrected chi connectivity index (χ0v) is 17.7. The molecule has 1 heterocycles. The normalized spacial score (nSPS) is 19.0. The summed E-state index contributed by atoms with van der Waals surface area (Å²) in [5.74, 6) is -1.27. The molecule has 0 radical (unpaired) electrons. The van der Waals surface area contributed by atoms with Crippen LogP contribution in [0, 0.1) is 5.21 Å². The molecule has 0 saturated heterocycles. The summed E-state index contributed by atoms with van der Waals surface area (Å²) in [5.41, 5.74) is 3.19. The Morgan fingerprint density at radius 3 is 2.17 bits per heavy atom. The Morgan fingerprint density at radius 2 is 1.57 bits per heavy atom. The molecule has 152 valence electrons. The topological polar surface area (TPSA) is 44.9 Å². The largest absolute Gasteiger partial charge is 0.620 e. The fourth-order valence-electron chi connectivity index (χ4n) is 3.68. The number of nitrogens with zero attached hydrogens (tertiary/aromatic N) is 4. The van der Waals surface area contributed by atoms with Gasteiger partial charge in [0.2, 0.25) is 5.71 Å². The second-order valence-corrected chi connectivity index (χ2v) is 7.82. The van der Waals surface area contributed by atoms with E-state index in [1.54, 1.807) is 6.34 Å². The lowest BCUT2D eigenvalue weighted by Gasteiger charge is -2.33. The summed E-state index contributed by atoms with van der Waals surface area (Å²) in [6, 6.07) is 26.9. The molecule has 0 amide bonds. The number of hydroxylamine groups is 1. The highest BCUT2D eigenvalue weighted by Crippen LogP contribution is 2.40. The molecule has 6 heteroatoms. The Balaban J connectivity index is 1.98. The van der Waals surface area contributed by atoms with Crippen molar-refractivity contribution in [3.63, 3.8) is 0 Å². The maximum Gasteiger partial charge on any atom is 0.378 e. The Kier molecular flexibility index (Phi) is 5.46. The highest BCUT2D eigenvalue weighted by atomic mass is 35.5. The van der Waals surface area contributed by atoms with E-state index in [1.807, 2.05) is 109 Å². The number of rotatable bonds is 5. The molecule has 1 atom stereocenters. The van der Waals surface area contributed by atoms with Crippen LogP contribution in [0.15, 0.2) is 89.9 Å². The Labute approximate surface area is 181 Å². The van der Waals surface area contributed by atoms with Crippen molar-refractivity contribution in [3.05, 3.63) is 106 Å². The molecule has 3 aromatic rings. The van der Waals surface area contributed by atoms with E-state index in [1.165, 1.54) is 0 Å². The van der Waals surface area contributed by atoms with Gasteiger partial charge in [0.05, 0.1) is 11.9 Å². The lowest BCUT2D eigenvalue weighted by atomic mass is 10.1. The third-order valence-corrected chi connectivity index (χ3v) is 5.34. The number of hydrogen-bond acceptors (Lipinski definition) is 3. The van der Waals surface area contributed by atoms with Gasteiger partial charge in [-0.3, -0.25) is 4.90 Å². The van der Waals surface area contributed by atoms with Gasteiger partial charge in [0.25, 0.3) is 0 Å². The number of benzene rings is 3. The van der Waals surface area contributed by atoms with Crippen molar-refractivity contribution < 1.29 is 4.74 Å². The van der Waals surface area contributed by atoms with Crippen LogP contribution in [0.4, 0.5) is 5.69 Å². The third kappa shape index (κ3) is 3.53. The molecule has 1 aliphatic heterocycles. The Morgan fingerprint density at radius 1 is 0.967 bits per heavy atom. The van der Waals surface area contributed by atoms with Crippen LogP contribution in [0.5, 0.6) is 0 Å². The van der Waals surface area contributed by atoms with Crippen molar-refractivity contribution in [1.82, 2.24) is 4.90 Å². The van der Waals surface area contributed by atoms with Crippen molar-refractivity contribution in [2.45, 2.75) is 5.79 Å². The number of anilines is 1. The maximum absolute atomic E-state index is 14.0. The fraction of sp³-hybridized carbons (Fsp3) is 0.167. The van der Waals surface area contributed by atoms with Crippen LogP contribution in [0.3, 0.4) is 0 Å². The Bertz CT molecular complexity index is 1070. The number of hydrogen-bond donors (Lipinski definition) is 0. The average Bonchev–Trinajstić information content (AvgIpc) is 3.07. The quantitative estimate of drug-likeness (QED) is 0.264. The van der Waals surface area contributed by atoms with Gasteiger partial charge in [-0.15, -0.1) is 0 Å². The first-order valence-corrected chi connectivity index (χ1v) is 10.1. The van der Waals surface area contributed by atoms with Crippen molar-refractivity contribution in [2.75, 3.05) is 25.5 Å². The number of aliphatic imine (C=N–C) groups is 1. The molecule has 1 aliphatic rings. The van der Waals surface area contributed by atoms with E-state index in [4.69, 9.17) is 16.6 Å². The average molecular weight is 419 g/mol. The van der Waals surface area contributed by atoms with Gasteiger partial charge >= 0.3 is 5.79 Å². The van der Waals surface area contributed by atoms with E-state index >= 15 is 0 Å². The van der Waals surface area contributed by atoms with E-state index in [2.05, 4.69) is 0 Å². The minimum Gasteiger partial charge on any atom is -0.620 e. The molecule has 0 aliphatic carbocycles. The predicted molar refractivity (Wildman–Crippen MR) is 123 cm³/mol. The molecular formula is C24H23ClN4O. The summed E-state index contributed by atoms with van der Waals surface area (Å²) in [7, 11) is 3.78. The first kappa shape index (κ1) is 20.0. The number of halogens is 1. The molecule has 4 rings (SSSR count). The molecule has 0 aromatic heterocycles. The highest BCUT2D eigenvalue weighted by molar-refractivity contribution is 6.30. The van der Waals surface area contributed by atoms with Gasteiger partial charge in [-0.05, 0) is 48.5 Å². The van der Waals surface area contributed by atoms with Crippen molar-refractivity contribution >= 4 is 29.3 Å². The van der Waals surface area contributed by atoms with Crippen LogP contribution in [0.1, 0.15) is 11.1 Å². The van der Waals surface area contributed by atoms with Gasteiger partial charge in [-0.1, -0.05) is 48.0 Å². The van der Waals surface area contributed by atoms with Gasteiger partial charge in [-0.2, -0.15) is 9.73 Å². The monoisotopic (exact) mass is 418 g/mol. The van der Waals surface area contributed by atoms with Gasteiger partial charge < -0.3 is 10.1 Å². The standard InChI is InChI=1S/C24H23ClN4O/c1-27(2)18-26-24(20-11-7-4-8-12-20)28(22-15-13-21(25)14-16-22)17-23(29(24)30)19-9-5-3-6-10-19/h3-16,18H,17H2,1-2H3/b26-18+. The van der Waals surface area contributed by atoms with Crippen LogP contribution < -0.4 is 4.90 Å². The molecule has 0 N–H and O–H groups in total.